The van der Waals surface area contributed by atoms with Crippen LogP contribution in [-0.2, 0) is 0 Å². The highest BCUT2D eigenvalue weighted by atomic mass is 15.2. The van der Waals surface area contributed by atoms with Gasteiger partial charge in [-0.15, -0.1) is 0 Å². The van der Waals surface area contributed by atoms with Gasteiger partial charge in [-0.05, 0) is 30.9 Å². The number of rotatable bonds is 1. The SMILES string of the molecule is Cc1ccc(N2CC3CNCC3C2)cc1. The number of benzene rings is 1. The molecule has 2 heterocycles. The maximum absolute atomic E-state index is 3.48. The molecule has 0 saturated carbocycles. The zero-order chi connectivity index (χ0) is 10.3. The van der Waals surface area contributed by atoms with Crippen LogP contribution in [0.4, 0.5) is 5.69 Å². The first kappa shape index (κ1) is 9.22. The smallest absolute Gasteiger partial charge is 0.0366 e. The van der Waals surface area contributed by atoms with E-state index in [4.69, 9.17) is 0 Å². The van der Waals surface area contributed by atoms with Gasteiger partial charge in [0.2, 0.25) is 0 Å². The highest BCUT2D eigenvalue weighted by Gasteiger charge is 2.35. The van der Waals surface area contributed by atoms with Crippen molar-refractivity contribution in [3.05, 3.63) is 29.8 Å². The second-order valence-electron chi connectivity index (χ2n) is 4.92. The van der Waals surface area contributed by atoms with Crippen molar-refractivity contribution in [2.45, 2.75) is 6.92 Å². The van der Waals surface area contributed by atoms with Gasteiger partial charge in [0.1, 0.15) is 0 Å². The molecular weight excluding hydrogens is 184 g/mol. The molecule has 1 aromatic rings. The summed E-state index contributed by atoms with van der Waals surface area (Å²) in [5.74, 6) is 1.76. The highest BCUT2D eigenvalue weighted by Crippen LogP contribution is 2.30. The normalized spacial score (nSPS) is 29.5. The Bertz CT molecular complexity index is 332. The van der Waals surface area contributed by atoms with Crippen LogP contribution in [0.5, 0.6) is 0 Å². The summed E-state index contributed by atoms with van der Waals surface area (Å²) < 4.78 is 0. The predicted molar refractivity (Wildman–Crippen MR) is 63.2 cm³/mol. The van der Waals surface area contributed by atoms with E-state index in [0.717, 1.165) is 11.8 Å². The Hall–Kier alpha value is -1.02. The number of nitrogens with zero attached hydrogens (tertiary/aromatic N) is 1. The lowest BCUT2D eigenvalue weighted by molar-refractivity contribution is 0.533. The van der Waals surface area contributed by atoms with Crippen molar-refractivity contribution in [1.82, 2.24) is 5.32 Å². The summed E-state index contributed by atoms with van der Waals surface area (Å²) in [4.78, 5) is 2.54. The van der Waals surface area contributed by atoms with E-state index in [1.807, 2.05) is 0 Å². The number of nitrogens with one attached hydrogen (secondary N) is 1. The van der Waals surface area contributed by atoms with Crippen LogP contribution in [-0.4, -0.2) is 26.2 Å². The second-order valence-corrected chi connectivity index (χ2v) is 4.92. The lowest BCUT2D eigenvalue weighted by Crippen LogP contribution is -2.25. The van der Waals surface area contributed by atoms with Crippen molar-refractivity contribution in [2.75, 3.05) is 31.1 Å². The van der Waals surface area contributed by atoms with Gasteiger partial charge in [-0.3, -0.25) is 0 Å². The molecule has 1 N–H and O–H groups in total. The summed E-state index contributed by atoms with van der Waals surface area (Å²) >= 11 is 0. The minimum Gasteiger partial charge on any atom is -0.371 e. The van der Waals surface area contributed by atoms with Crippen LogP contribution in [0, 0.1) is 18.8 Å². The number of hydrogen-bond donors (Lipinski definition) is 1. The van der Waals surface area contributed by atoms with E-state index in [1.165, 1.54) is 37.4 Å². The number of hydrogen-bond acceptors (Lipinski definition) is 2. The fraction of sp³-hybridized carbons (Fsp3) is 0.538. The Morgan fingerprint density at radius 1 is 1.07 bits per heavy atom. The molecule has 2 aliphatic rings. The largest absolute Gasteiger partial charge is 0.371 e. The maximum atomic E-state index is 3.48. The fourth-order valence-electron chi connectivity index (χ4n) is 2.82. The van der Waals surface area contributed by atoms with Crippen molar-refractivity contribution < 1.29 is 0 Å². The lowest BCUT2D eigenvalue weighted by atomic mass is 10.0. The Kier molecular flexibility index (Phi) is 2.17. The number of aryl methyl sites for hydroxylation is 1. The fourth-order valence-corrected chi connectivity index (χ4v) is 2.82. The summed E-state index contributed by atoms with van der Waals surface area (Å²) in [5.41, 5.74) is 2.75. The molecule has 2 aliphatic heterocycles. The molecule has 0 aromatic heterocycles. The molecule has 0 amide bonds. The first-order chi connectivity index (χ1) is 7.33. The van der Waals surface area contributed by atoms with Crippen molar-refractivity contribution in [1.29, 1.82) is 0 Å². The molecule has 0 bridgehead atoms. The van der Waals surface area contributed by atoms with Crippen molar-refractivity contribution in [3.63, 3.8) is 0 Å². The van der Waals surface area contributed by atoms with Gasteiger partial charge in [-0.25, -0.2) is 0 Å². The molecular formula is C13H18N2. The maximum Gasteiger partial charge on any atom is 0.0366 e. The average Bonchev–Trinajstić information content (AvgIpc) is 2.78. The van der Waals surface area contributed by atoms with E-state index >= 15 is 0 Å². The van der Waals surface area contributed by atoms with Crippen molar-refractivity contribution in [2.24, 2.45) is 11.8 Å². The molecule has 0 aliphatic carbocycles. The predicted octanol–water partition coefficient (Wildman–Crippen LogP) is 1.65. The minimum absolute atomic E-state index is 0.881. The van der Waals surface area contributed by atoms with Gasteiger partial charge in [0.15, 0.2) is 0 Å². The van der Waals surface area contributed by atoms with Gasteiger partial charge in [0, 0.05) is 31.9 Å². The molecule has 2 fully saturated rings. The third-order valence-electron chi connectivity index (χ3n) is 3.79. The van der Waals surface area contributed by atoms with Crippen LogP contribution in [0.2, 0.25) is 0 Å². The zero-order valence-corrected chi connectivity index (χ0v) is 9.24. The molecule has 0 radical (unpaired) electrons. The van der Waals surface area contributed by atoms with E-state index in [9.17, 15) is 0 Å². The number of anilines is 1. The molecule has 2 atom stereocenters. The standard InChI is InChI=1S/C13H18N2/c1-10-2-4-13(5-3-10)15-8-11-6-14-7-12(11)9-15/h2-5,11-12,14H,6-9H2,1H3. The Morgan fingerprint density at radius 2 is 1.67 bits per heavy atom. The monoisotopic (exact) mass is 202 g/mol. The van der Waals surface area contributed by atoms with Crippen LogP contribution >= 0.6 is 0 Å². The Labute approximate surface area is 91.3 Å². The van der Waals surface area contributed by atoms with E-state index in [0.29, 0.717) is 0 Å². The van der Waals surface area contributed by atoms with E-state index < -0.39 is 0 Å². The van der Waals surface area contributed by atoms with Gasteiger partial charge in [0.05, 0.1) is 0 Å². The third kappa shape index (κ3) is 1.63. The molecule has 80 valence electrons. The van der Waals surface area contributed by atoms with Gasteiger partial charge < -0.3 is 10.2 Å². The molecule has 15 heavy (non-hydrogen) atoms. The summed E-state index contributed by atoms with van der Waals surface area (Å²) in [7, 11) is 0. The van der Waals surface area contributed by atoms with Crippen LogP contribution in [0.25, 0.3) is 0 Å². The minimum atomic E-state index is 0.881. The second kappa shape index (κ2) is 3.53. The van der Waals surface area contributed by atoms with Crippen LogP contribution < -0.4 is 10.2 Å². The van der Waals surface area contributed by atoms with Crippen LogP contribution in [0.1, 0.15) is 5.56 Å². The van der Waals surface area contributed by atoms with Gasteiger partial charge >= 0.3 is 0 Å². The summed E-state index contributed by atoms with van der Waals surface area (Å²) in [6.07, 6.45) is 0. The zero-order valence-electron chi connectivity index (χ0n) is 9.24. The van der Waals surface area contributed by atoms with E-state index in [2.05, 4.69) is 41.4 Å². The van der Waals surface area contributed by atoms with Crippen molar-refractivity contribution >= 4 is 5.69 Å². The molecule has 2 unspecified atom stereocenters. The average molecular weight is 202 g/mol. The quantitative estimate of drug-likeness (QED) is 0.745. The van der Waals surface area contributed by atoms with Gasteiger partial charge in [-0.1, -0.05) is 17.7 Å². The molecule has 2 heteroatoms. The van der Waals surface area contributed by atoms with Crippen molar-refractivity contribution in [3.8, 4) is 0 Å². The Balaban J connectivity index is 1.76. The van der Waals surface area contributed by atoms with E-state index in [1.54, 1.807) is 0 Å². The highest BCUT2D eigenvalue weighted by molar-refractivity contribution is 5.48. The third-order valence-corrected chi connectivity index (χ3v) is 3.79. The van der Waals surface area contributed by atoms with Crippen LogP contribution in [0.15, 0.2) is 24.3 Å². The summed E-state index contributed by atoms with van der Waals surface area (Å²) in [6, 6.07) is 8.93. The van der Waals surface area contributed by atoms with Gasteiger partial charge in [-0.2, -0.15) is 0 Å². The van der Waals surface area contributed by atoms with Gasteiger partial charge in [0.25, 0.3) is 0 Å². The topological polar surface area (TPSA) is 15.3 Å². The molecule has 2 nitrogen and oxygen atoms in total. The molecule has 0 spiro atoms. The first-order valence-electron chi connectivity index (χ1n) is 5.85. The molecule has 2 saturated heterocycles. The van der Waals surface area contributed by atoms with Crippen LogP contribution in [0.3, 0.4) is 0 Å². The lowest BCUT2D eigenvalue weighted by Gasteiger charge is -2.19. The first-order valence-corrected chi connectivity index (χ1v) is 5.85. The summed E-state index contributed by atoms with van der Waals surface area (Å²) in [5, 5.41) is 3.48. The van der Waals surface area contributed by atoms with E-state index in [-0.39, 0.29) is 0 Å². The Morgan fingerprint density at radius 3 is 2.27 bits per heavy atom. The summed E-state index contributed by atoms with van der Waals surface area (Å²) in [6.45, 7) is 7.05. The molecule has 3 rings (SSSR count). The molecule has 1 aromatic carbocycles. The number of fused-ring (bicyclic) bond motifs is 1.